The summed E-state index contributed by atoms with van der Waals surface area (Å²) >= 11 is 0. The number of piperidine rings is 1. The molecule has 1 amide bonds. The summed E-state index contributed by atoms with van der Waals surface area (Å²) < 4.78 is 45.7. The maximum absolute atomic E-state index is 13.1. The molecule has 1 aliphatic rings. The van der Waals surface area contributed by atoms with E-state index in [0.29, 0.717) is 25.9 Å². The van der Waals surface area contributed by atoms with Crippen LogP contribution in [-0.2, 0) is 21.4 Å². The van der Waals surface area contributed by atoms with Crippen molar-refractivity contribution in [1.29, 1.82) is 0 Å². The van der Waals surface area contributed by atoms with E-state index in [9.17, 15) is 17.6 Å². The van der Waals surface area contributed by atoms with Crippen LogP contribution in [0.3, 0.4) is 0 Å². The fourth-order valence-corrected chi connectivity index (χ4v) is 4.95. The summed E-state index contributed by atoms with van der Waals surface area (Å²) in [5.74, 6) is -0.309. The monoisotopic (exact) mass is 434 g/mol. The van der Waals surface area contributed by atoms with E-state index in [1.165, 1.54) is 16.4 Å². The molecule has 1 heterocycles. The standard InChI is InChI=1S/C22H27FN2O4S/c1-16(2)29-20-9-5-17(6-10-20)14-24-22(26)18-4-3-13-25(15-18)30(27,28)21-11-7-19(23)8-12-21/h5-12,16,18H,3-4,13-15H2,1-2H3,(H,24,26)/t18-/m0/s1. The predicted molar refractivity (Wildman–Crippen MR) is 112 cm³/mol. The Hall–Kier alpha value is -2.45. The zero-order valence-corrected chi connectivity index (χ0v) is 18.0. The number of hydrogen-bond donors (Lipinski definition) is 1. The van der Waals surface area contributed by atoms with Gasteiger partial charge in [-0.3, -0.25) is 4.79 Å². The highest BCUT2D eigenvalue weighted by Crippen LogP contribution is 2.24. The zero-order chi connectivity index (χ0) is 21.7. The summed E-state index contributed by atoms with van der Waals surface area (Å²) in [6.07, 6.45) is 1.32. The Morgan fingerprint density at radius 2 is 1.83 bits per heavy atom. The molecule has 0 bridgehead atoms. The summed E-state index contributed by atoms with van der Waals surface area (Å²) in [7, 11) is -3.75. The van der Waals surface area contributed by atoms with E-state index in [2.05, 4.69) is 5.32 Å². The molecule has 0 saturated carbocycles. The number of ether oxygens (including phenoxy) is 1. The van der Waals surface area contributed by atoms with Crippen LogP contribution in [0.2, 0.25) is 0 Å². The topological polar surface area (TPSA) is 75.7 Å². The van der Waals surface area contributed by atoms with Crippen molar-refractivity contribution in [3.63, 3.8) is 0 Å². The second kappa shape index (κ2) is 9.57. The van der Waals surface area contributed by atoms with Crippen LogP contribution in [0.1, 0.15) is 32.3 Å². The van der Waals surface area contributed by atoms with Gasteiger partial charge in [-0.15, -0.1) is 0 Å². The van der Waals surface area contributed by atoms with Gasteiger partial charge in [0.2, 0.25) is 15.9 Å². The van der Waals surface area contributed by atoms with Gasteiger partial charge in [0.1, 0.15) is 11.6 Å². The van der Waals surface area contributed by atoms with E-state index in [0.717, 1.165) is 23.4 Å². The van der Waals surface area contributed by atoms with Crippen molar-refractivity contribution >= 4 is 15.9 Å². The third kappa shape index (κ3) is 5.58. The molecule has 1 N–H and O–H groups in total. The van der Waals surface area contributed by atoms with Crippen LogP contribution < -0.4 is 10.1 Å². The lowest BCUT2D eigenvalue weighted by Crippen LogP contribution is -2.45. The first-order valence-corrected chi connectivity index (χ1v) is 11.5. The van der Waals surface area contributed by atoms with Crippen LogP contribution in [0.25, 0.3) is 0 Å². The third-order valence-corrected chi connectivity index (χ3v) is 6.85. The van der Waals surface area contributed by atoms with E-state index >= 15 is 0 Å². The Balaban J connectivity index is 1.58. The van der Waals surface area contributed by atoms with Crippen molar-refractivity contribution in [2.24, 2.45) is 5.92 Å². The molecule has 0 unspecified atom stereocenters. The van der Waals surface area contributed by atoms with Gasteiger partial charge in [-0.25, -0.2) is 12.8 Å². The van der Waals surface area contributed by atoms with E-state index in [-0.39, 0.29) is 23.5 Å². The number of halogens is 1. The Morgan fingerprint density at radius 3 is 2.47 bits per heavy atom. The molecule has 0 spiro atoms. The Kier molecular flexibility index (Phi) is 7.10. The smallest absolute Gasteiger partial charge is 0.243 e. The minimum absolute atomic E-state index is 0.0358. The number of carbonyl (C=O) groups is 1. The maximum atomic E-state index is 13.1. The number of carbonyl (C=O) groups excluding carboxylic acids is 1. The van der Waals surface area contributed by atoms with Gasteiger partial charge in [0.05, 0.1) is 16.9 Å². The van der Waals surface area contributed by atoms with Crippen LogP contribution in [0, 0.1) is 11.7 Å². The van der Waals surface area contributed by atoms with Crippen LogP contribution in [0.4, 0.5) is 4.39 Å². The molecule has 8 heteroatoms. The van der Waals surface area contributed by atoms with Crippen LogP contribution in [-0.4, -0.2) is 37.8 Å². The van der Waals surface area contributed by atoms with Gasteiger partial charge < -0.3 is 10.1 Å². The number of amides is 1. The number of nitrogens with zero attached hydrogens (tertiary/aromatic N) is 1. The highest BCUT2D eigenvalue weighted by molar-refractivity contribution is 7.89. The number of nitrogens with one attached hydrogen (secondary N) is 1. The molecule has 1 fully saturated rings. The lowest BCUT2D eigenvalue weighted by atomic mass is 9.99. The molecular weight excluding hydrogens is 407 g/mol. The van der Waals surface area contributed by atoms with E-state index in [4.69, 9.17) is 4.74 Å². The molecular formula is C22H27FN2O4S. The number of sulfonamides is 1. The first-order chi connectivity index (χ1) is 14.3. The highest BCUT2D eigenvalue weighted by atomic mass is 32.2. The van der Waals surface area contributed by atoms with Crippen molar-refractivity contribution in [3.05, 3.63) is 59.9 Å². The molecule has 6 nitrogen and oxygen atoms in total. The zero-order valence-electron chi connectivity index (χ0n) is 17.2. The lowest BCUT2D eigenvalue weighted by molar-refractivity contribution is -0.126. The normalized spacial score (nSPS) is 17.7. The van der Waals surface area contributed by atoms with Crippen LogP contribution in [0.15, 0.2) is 53.4 Å². The summed E-state index contributed by atoms with van der Waals surface area (Å²) in [5.41, 5.74) is 0.936. The van der Waals surface area contributed by atoms with Crippen molar-refractivity contribution in [1.82, 2.24) is 9.62 Å². The molecule has 1 saturated heterocycles. The number of rotatable bonds is 7. The maximum Gasteiger partial charge on any atom is 0.243 e. The van der Waals surface area contributed by atoms with E-state index in [1.54, 1.807) is 0 Å². The molecule has 2 aromatic carbocycles. The van der Waals surface area contributed by atoms with Crippen molar-refractivity contribution in [2.75, 3.05) is 13.1 Å². The Morgan fingerprint density at radius 1 is 1.17 bits per heavy atom. The quantitative estimate of drug-likeness (QED) is 0.725. The van der Waals surface area contributed by atoms with Gasteiger partial charge in [0.15, 0.2) is 0 Å². The lowest BCUT2D eigenvalue weighted by Gasteiger charge is -2.31. The molecule has 2 aromatic rings. The molecule has 0 aromatic heterocycles. The average molecular weight is 435 g/mol. The second-order valence-electron chi connectivity index (χ2n) is 7.68. The number of benzene rings is 2. The largest absolute Gasteiger partial charge is 0.491 e. The van der Waals surface area contributed by atoms with Crippen molar-refractivity contribution in [3.8, 4) is 5.75 Å². The minimum atomic E-state index is -3.75. The van der Waals surface area contributed by atoms with E-state index < -0.39 is 21.8 Å². The molecule has 30 heavy (non-hydrogen) atoms. The van der Waals surface area contributed by atoms with Gasteiger partial charge >= 0.3 is 0 Å². The summed E-state index contributed by atoms with van der Waals surface area (Å²) in [4.78, 5) is 12.7. The Bertz CT molecular complexity index is 960. The molecule has 1 atom stereocenters. The first kappa shape index (κ1) is 22.2. The van der Waals surface area contributed by atoms with Gasteiger partial charge in [0.25, 0.3) is 0 Å². The SMILES string of the molecule is CC(C)Oc1ccc(CNC(=O)[C@H]2CCCN(S(=O)(=O)c3ccc(F)cc3)C2)cc1. The highest BCUT2D eigenvalue weighted by Gasteiger charge is 2.33. The van der Waals surface area contributed by atoms with Gasteiger partial charge in [-0.1, -0.05) is 12.1 Å². The second-order valence-corrected chi connectivity index (χ2v) is 9.62. The molecule has 1 aliphatic heterocycles. The fraction of sp³-hybridized carbons (Fsp3) is 0.409. The molecule has 162 valence electrons. The molecule has 0 aliphatic carbocycles. The third-order valence-electron chi connectivity index (χ3n) is 4.97. The van der Waals surface area contributed by atoms with Crippen LogP contribution >= 0.6 is 0 Å². The van der Waals surface area contributed by atoms with Crippen molar-refractivity contribution in [2.45, 2.75) is 44.2 Å². The van der Waals surface area contributed by atoms with E-state index in [1.807, 2.05) is 38.1 Å². The Labute approximate surface area is 177 Å². The minimum Gasteiger partial charge on any atom is -0.491 e. The number of hydrogen-bond acceptors (Lipinski definition) is 4. The summed E-state index contributed by atoms with van der Waals surface area (Å²) in [6, 6.07) is 12.3. The summed E-state index contributed by atoms with van der Waals surface area (Å²) in [6.45, 7) is 4.74. The molecule has 3 rings (SSSR count). The van der Waals surface area contributed by atoms with Gasteiger partial charge in [-0.2, -0.15) is 4.31 Å². The first-order valence-electron chi connectivity index (χ1n) is 10.0. The van der Waals surface area contributed by atoms with Crippen molar-refractivity contribution < 1.29 is 22.3 Å². The van der Waals surface area contributed by atoms with Gasteiger partial charge in [0, 0.05) is 19.6 Å². The van der Waals surface area contributed by atoms with Crippen LogP contribution in [0.5, 0.6) is 5.75 Å². The predicted octanol–water partition coefficient (Wildman–Crippen LogP) is 3.33. The average Bonchev–Trinajstić information content (AvgIpc) is 2.73. The summed E-state index contributed by atoms with van der Waals surface area (Å²) in [5, 5.41) is 2.90. The van der Waals surface area contributed by atoms with Gasteiger partial charge in [-0.05, 0) is 68.7 Å². The fourth-order valence-electron chi connectivity index (χ4n) is 3.42. The molecule has 0 radical (unpaired) electrons.